The van der Waals surface area contributed by atoms with Crippen LogP contribution in [0.25, 0.3) is 0 Å². The van der Waals surface area contributed by atoms with Crippen LogP contribution in [0.15, 0.2) is 0 Å². The lowest BCUT2D eigenvalue weighted by Gasteiger charge is -2.36. The summed E-state index contributed by atoms with van der Waals surface area (Å²) >= 11 is 0. The van der Waals surface area contributed by atoms with Crippen LogP contribution in [0.1, 0.15) is 12.8 Å². The molecule has 1 aliphatic heterocycles. The minimum atomic E-state index is -3.23. The molecular formula is C9H20ClN3O2S. The zero-order chi connectivity index (χ0) is 11.1. The van der Waals surface area contributed by atoms with E-state index in [0.717, 1.165) is 13.1 Å². The number of nitrogens with zero attached hydrogens (tertiary/aromatic N) is 2. The minimum Gasteiger partial charge on any atom is -0.313 e. The van der Waals surface area contributed by atoms with Crippen molar-refractivity contribution in [3.05, 3.63) is 0 Å². The average molecular weight is 270 g/mol. The summed E-state index contributed by atoms with van der Waals surface area (Å²) in [4.78, 5) is 0. The lowest BCUT2D eigenvalue weighted by molar-refractivity contribution is 0.257. The third kappa shape index (κ3) is 2.87. The fourth-order valence-corrected chi connectivity index (χ4v) is 3.06. The molecule has 0 aromatic heterocycles. The highest BCUT2D eigenvalue weighted by atomic mass is 35.5. The second kappa shape index (κ2) is 5.18. The normalized spacial score (nSPS) is 22.0. The Morgan fingerprint density at radius 3 is 2.19 bits per heavy atom. The fourth-order valence-electron chi connectivity index (χ4n) is 1.70. The summed E-state index contributed by atoms with van der Waals surface area (Å²) in [6.45, 7) is 2.22. The van der Waals surface area contributed by atoms with Gasteiger partial charge in [0, 0.05) is 33.7 Å². The molecule has 96 valence electrons. The largest absolute Gasteiger partial charge is 0.313 e. The van der Waals surface area contributed by atoms with Crippen LogP contribution >= 0.6 is 12.4 Å². The molecule has 0 spiro atoms. The van der Waals surface area contributed by atoms with Gasteiger partial charge in [0.2, 0.25) is 0 Å². The summed E-state index contributed by atoms with van der Waals surface area (Å²) < 4.78 is 27.1. The highest BCUT2D eigenvalue weighted by molar-refractivity contribution is 7.86. The molecule has 1 saturated heterocycles. The highest BCUT2D eigenvalue weighted by Gasteiger charge is 2.35. The highest BCUT2D eigenvalue weighted by Crippen LogP contribution is 2.30. The Hall–Kier alpha value is 0.120. The van der Waals surface area contributed by atoms with Crippen LogP contribution < -0.4 is 5.32 Å². The molecule has 7 heteroatoms. The molecule has 1 N–H and O–H groups in total. The molecule has 16 heavy (non-hydrogen) atoms. The predicted molar refractivity (Wildman–Crippen MR) is 65.9 cm³/mol. The molecule has 1 saturated carbocycles. The number of nitrogens with one attached hydrogen (secondary N) is 1. The molecule has 0 atom stereocenters. The van der Waals surface area contributed by atoms with E-state index in [1.165, 1.54) is 21.5 Å². The average Bonchev–Trinajstić information content (AvgIpc) is 2.84. The van der Waals surface area contributed by atoms with E-state index in [0.29, 0.717) is 12.5 Å². The second-order valence-electron chi connectivity index (χ2n) is 4.56. The number of hydrogen-bond acceptors (Lipinski definition) is 3. The zero-order valence-electron chi connectivity index (χ0n) is 9.72. The number of likely N-dealkylation sites (N-methyl/N-ethyl adjacent to an activating group) is 1. The Bertz CT molecular complexity index is 328. The van der Waals surface area contributed by atoms with E-state index in [-0.39, 0.29) is 18.4 Å². The maximum Gasteiger partial charge on any atom is 0.281 e. The number of rotatable bonds is 5. The van der Waals surface area contributed by atoms with Gasteiger partial charge in [0.25, 0.3) is 10.2 Å². The monoisotopic (exact) mass is 269 g/mol. The van der Waals surface area contributed by atoms with Crippen LogP contribution in [-0.4, -0.2) is 56.8 Å². The van der Waals surface area contributed by atoms with E-state index in [4.69, 9.17) is 0 Å². The summed E-state index contributed by atoms with van der Waals surface area (Å²) in [5, 5.41) is 3.08. The lowest BCUT2D eigenvalue weighted by atomic mass is 10.2. The first-order valence-corrected chi connectivity index (χ1v) is 6.81. The number of hydrogen-bond donors (Lipinski definition) is 1. The Kier molecular flexibility index (Phi) is 4.59. The van der Waals surface area contributed by atoms with E-state index in [9.17, 15) is 8.42 Å². The van der Waals surface area contributed by atoms with Crippen molar-refractivity contribution in [3.8, 4) is 0 Å². The molecular weight excluding hydrogens is 250 g/mol. The first-order valence-electron chi connectivity index (χ1n) is 5.42. The standard InChI is InChI=1S/C9H19N3O2S.ClH/c1-11(7-8-3-4-8)15(13,14)12(2)9-5-10-6-9;/h8-10H,3-7H2,1-2H3;1H. The molecule has 1 aliphatic carbocycles. The van der Waals surface area contributed by atoms with Gasteiger partial charge in [-0.05, 0) is 18.8 Å². The molecule has 2 rings (SSSR count). The van der Waals surface area contributed by atoms with Crippen molar-refractivity contribution in [3.63, 3.8) is 0 Å². The molecule has 0 bridgehead atoms. The van der Waals surface area contributed by atoms with Crippen LogP contribution in [0, 0.1) is 5.92 Å². The SMILES string of the molecule is CN(CC1CC1)S(=O)(=O)N(C)C1CNC1.Cl. The van der Waals surface area contributed by atoms with Gasteiger partial charge in [0.15, 0.2) is 0 Å². The van der Waals surface area contributed by atoms with Crippen molar-refractivity contribution in [2.45, 2.75) is 18.9 Å². The lowest BCUT2D eigenvalue weighted by Crippen LogP contribution is -2.59. The van der Waals surface area contributed by atoms with E-state index in [1.807, 2.05) is 0 Å². The van der Waals surface area contributed by atoms with Gasteiger partial charge < -0.3 is 5.32 Å². The molecule has 2 aliphatic rings. The molecule has 0 radical (unpaired) electrons. The molecule has 5 nitrogen and oxygen atoms in total. The second-order valence-corrected chi connectivity index (χ2v) is 6.65. The van der Waals surface area contributed by atoms with Crippen molar-refractivity contribution in [2.24, 2.45) is 5.92 Å². The van der Waals surface area contributed by atoms with Gasteiger partial charge in [-0.15, -0.1) is 12.4 Å². The summed E-state index contributed by atoms with van der Waals surface area (Å²) in [5.41, 5.74) is 0. The van der Waals surface area contributed by atoms with Crippen molar-refractivity contribution in [2.75, 3.05) is 33.7 Å². The van der Waals surface area contributed by atoms with Crippen molar-refractivity contribution < 1.29 is 8.42 Å². The van der Waals surface area contributed by atoms with Crippen molar-refractivity contribution in [1.82, 2.24) is 13.9 Å². The van der Waals surface area contributed by atoms with Gasteiger partial charge in [0.1, 0.15) is 0 Å². The predicted octanol–water partition coefficient (Wildman–Crippen LogP) is -0.102. The van der Waals surface area contributed by atoms with E-state index < -0.39 is 10.2 Å². The molecule has 0 unspecified atom stereocenters. The minimum absolute atomic E-state index is 0. The summed E-state index contributed by atoms with van der Waals surface area (Å²) in [6, 6.07) is 0.136. The topological polar surface area (TPSA) is 52.7 Å². The smallest absolute Gasteiger partial charge is 0.281 e. The van der Waals surface area contributed by atoms with Crippen LogP contribution in [0.2, 0.25) is 0 Å². The fraction of sp³-hybridized carbons (Fsp3) is 1.00. The van der Waals surface area contributed by atoms with Crippen molar-refractivity contribution >= 4 is 22.6 Å². The van der Waals surface area contributed by atoms with Gasteiger partial charge in [-0.1, -0.05) is 0 Å². The van der Waals surface area contributed by atoms with Gasteiger partial charge >= 0.3 is 0 Å². The van der Waals surface area contributed by atoms with Gasteiger partial charge in [-0.2, -0.15) is 17.0 Å². The molecule has 2 fully saturated rings. The van der Waals surface area contributed by atoms with Gasteiger partial charge in [-0.3, -0.25) is 0 Å². The van der Waals surface area contributed by atoms with E-state index in [1.54, 1.807) is 14.1 Å². The Morgan fingerprint density at radius 2 is 1.81 bits per heavy atom. The molecule has 0 aromatic carbocycles. The Morgan fingerprint density at radius 1 is 1.25 bits per heavy atom. The quantitative estimate of drug-likeness (QED) is 0.758. The Balaban J connectivity index is 0.00000128. The van der Waals surface area contributed by atoms with Crippen LogP contribution in [-0.2, 0) is 10.2 Å². The maximum atomic E-state index is 12.1. The zero-order valence-corrected chi connectivity index (χ0v) is 11.4. The maximum absolute atomic E-state index is 12.1. The van der Waals surface area contributed by atoms with Crippen LogP contribution in [0.4, 0.5) is 0 Å². The van der Waals surface area contributed by atoms with Crippen LogP contribution in [0.5, 0.6) is 0 Å². The van der Waals surface area contributed by atoms with Gasteiger partial charge in [-0.25, -0.2) is 0 Å². The third-order valence-corrected chi connectivity index (χ3v) is 5.21. The molecule has 0 amide bonds. The van der Waals surface area contributed by atoms with Crippen LogP contribution in [0.3, 0.4) is 0 Å². The summed E-state index contributed by atoms with van der Waals surface area (Å²) in [7, 11) is 0.120. The number of halogens is 1. The van der Waals surface area contributed by atoms with Crippen molar-refractivity contribution in [1.29, 1.82) is 0 Å². The molecule has 0 aromatic rings. The Labute approximate surface area is 104 Å². The molecule has 1 heterocycles. The van der Waals surface area contributed by atoms with E-state index in [2.05, 4.69) is 5.32 Å². The van der Waals surface area contributed by atoms with Gasteiger partial charge in [0.05, 0.1) is 6.04 Å². The summed E-state index contributed by atoms with van der Waals surface area (Å²) in [5.74, 6) is 0.595. The first-order chi connectivity index (χ1) is 7.01. The summed E-state index contributed by atoms with van der Waals surface area (Å²) in [6.07, 6.45) is 2.35. The third-order valence-electron chi connectivity index (χ3n) is 3.24. The first kappa shape index (κ1) is 14.2. The van der Waals surface area contributed by atoms with E-state index >= 15 is 0 Å².